The molecule has 0 bridgehead atoms. The van der Waals surface area contributed by atoms with Gasteiger partial charge in [0.05, 0.1) is 11.6 Å². The fourth-order valence-electron chi connectivity index (χ4n) is 1.56. The number of aromatic nitrogens is 1. The molecule has 1 heterocycles. The van der Waals surface area contributed by atoms with E-state index >= 15 is 0 Å². The second-order valence-electron chi connectivity index (χ2n) is 3.63. The lowest BCUT2D eigenvalue weighted by molar-refractivity contribution is -0.137. The van der Waals surface area contributed by atoms with E-state index in [0.29, 0.717) is 12.2 Å². The van der Waals surface area contributed by atoms with Crippen LogP contribution in [0.15, 0.2) is 24.4 Å². The summed E-state index contributed by atoms with van der Waals surface area (Å²) in [6.07, 6.45) is 1.82. The molecule has 5 heteroatoms. The van der Waals surface area contributed by atoms with Crippen molar-refractivity contribution in [3.63, 3.8) is 0 Å². The fourth-order valence-corrected chi connectivity index (χ4v) is 1.56. The highest BCUT2D eigenvalue weighted by Crippen LogP contribution is 2.19. The maximum absolute atomic E-state index is 11.8. The summed E-state index contributed by atoms with van der Waals surface area (Å²) in [6, 6.07) is 5.28. The average Bonchev–Trinajstić information content (AvgIpc) is 2.30. The first-order valence-corrected chi connectivity index (χ1v) is 5.55. The van der Waals surface area contributed by atoms with Gasteiger partial charge in [-0.3, -0.25) is 14.6 Å². The Kier molecular flexibility index (Phi) is 5.13. The smallest absolute Gasteiger partial charge is 0.303 e. The van der Waals surface area contributed by atoms with Crippen molar-refractivity contribution in [1.29, 1.82) is 0 Å². The Labute approximate surface area is 99.9 Å². The lowest BCUT2D eigenvalue weighted by Gasteiger charge is -2.14. The Morgan fingerprint density at radius 1 is 1.47 bits per heavy atom. The van der Waals surface area contributed by atoms with Gasteiger partial charge in [0.25, 0.3) is 0 Å². The molecule has 5 nitrogen and oxygen atoms in total. The summed E-state index contributed by atoms with van der Waals surface area (Å²) in [5.74, 6) is -1.57. The summed E-state index contributed by atoms with van der Waals surface area (Å²) in [7, 11) is 0. The fraction of sp³-hybridized carbons (Fsp3) is 0.417. The summed E-state index contributed by atoms with van der Waals surface area (Å²) in [4.78, 5) is 26.5. The number of carbonyl (C=O) groups excluding carboxylic acids is 1. The molecule has 0 aliphatic carbocycles. The van der Waals surface area contributed by atoms with Crippen LogP contribution >= 0.6 is 0 Å². The van der Waals surface area contributed by atoms with Gasteiger partial charge in [0.2, 0.25) is 5.91 Å². The third-order valence-corrected chi connectivity index (χ3v) is 2.36. The van der Waals surface area contributed by atoms with Crippen LogP contribution in [0.5, 0.6) is 0 Å². The zero-order valence-electron chi connectivity index (χ0n) is 9.72. The van der Waals surface area contributed by atoms with Gasteiger partial charge in [-0.15, -0.1) is 0 Å². The number of hydrogen-bond acceptors (Lipinski definition) is 3. The molecule has 92 valence electrons. The number of nitrogens with zero attached hydrogens (tertiary/aromatic N) is 1. The number of hydrogen-bond donors (Lipinski definition) is 2. The van der Waals surface area contributed by atoms with Crippen molar-refractivity contribution in [3.05, 3.63) is 30.1 Å². The van der Waals surface area contributed by atoms with Gasteiger partial charge in [-0.1, -0.05) is 6.07 Å². The molecule has 0 saturated carbocycles. The van der Waals surface area contributed by atoms with Crippen LogP contribution in [-0.4, -0.2) is 28.5 Å². The molecular weight excluding hydrogens is 220 g/mol. The zero-order valence-corrected chi connectivity index (χ0v) is 9.72. The average molecular weight is 236 g/mol. The highest BCUT2D eigenvalue weighted by atomic mass is 16.4. The largest absolute Gasteiger partial charge is 0.481 e. The van der Waals surface area contributed by atoms with Gasteiger partial charge >= 0.3 is 5.97 Å². The third kappa shape index (κ3) is 4.22. The number of pyridine rings is 1. The number of carboxylic acid groups (broad SMARTS) is 1. The Balaban J connectivity index is 2.78. The first-order valence-electron chi connectivity index (χ1n) is 5.55. The van der Waals surface area contributed by atoms with E-state index < -0.39 is 11.9 Å². The lowest BCUT2D eigenvalue weighted by atomic mass is 9.97. The Hall–Kier alpha value is -1.91. The van der Waals surface area contributed by atoms with E-state index in [2.05, 4.69) is 10.3 Å². The van der Waals surface area contributed by atoms with Gasteiger partial charge in [0.15, 0.2) is 0 Å². The van der Waals surface area contributed by atoms with Crippen LogP contribution in [0.2, 0.25) is 0 Å². The van der Waals surface area contributed by atoms with Gasteiger partial charge in [-0.2, -0.15) is 0 Å². The molecule has 0 aromatic carbocycles. The summed E-state index contributed by atoms with van der Waals surface area (Å²) in [5.41, 5.74) is 0.611. The van der Waals surface area contributed by atoms with Gasteiger partial charge < -0.3 is 10.4 Å². The topological polar surface area (TPSA) is 79.3 Å². The van der Waals surface area contributed by atoms with Crippen molar-refractivity contribution in [2.75, 3.05) is 6.54 Å². The predicted octanol–water partition coefficient (Wildman–Crippen LogP) is 1.17. The van der Waals surface area contributed by atoms with Crippen LogP contribution in [0.3, 0.4) is 0 Å². The van der Waals surface area contributed by atoms with E-state index in [0.717, 1.165) is 0 Å². The molecule has 0 aliphatic rings. The lowest BCUT2D eigenvalue weighted by Crippen LogP contribution is -2.30. The van der Waals surface area contributed by atoms with Crippen LogP contribution in [0, 0.1) is 0 Å². The Morgan fingerprint density at radius 3 is 2.76 bits per heavy atom. The molecule has 1 rings (SSSR count). The summed E-state index contributed by atoms with van der Waals surface area (Å²) < 4.78 is 0. The normalized spacial score (nSPS) is 11.8. The quantitative estimate of drug-likeness (QED) is 0.777. The molecule has 0 saturated heterocycles. The number of carboxylic acids is 1. The maximum Gasteiger partial charge on any atom is 0.303 e. The van der Waals surface area contributed by atoms with Gasteiger partial charge in [0, 0.05) is 19.2 Å². The molecule has 2 N–H and O–H groups in total. The van der Waals surface area contributed by atoms with Crippen molar-refractivity contribution < 1.29 is 14.7 Å². The molecular formula is C12H16N2O3. The third-order valence-electron chi connectivity index (χ3n) is 2.36. The molecule has 1 aromatic heterocycles. The number of aliphatic carboxylic acids is 1. The van der Waals surface area contributed by atoms with E-state index in [9.17, 15) is 9.59 Å². The molecule has 1 amide bonds. The second kappa shape index (κ2) is 6.62. The maximum atomic E-state index is 11.8. The Bertz CT molecular complexity index is 379. The summed E-state index contributed by atoms with van der Waals surface area (Å²) >= 11 is 0. The number of rotatable bonds is 6. The highest BCUT2D eigenvalue weighted by molar-refractivity contribution is 5.83. The second-order valence-corrected chi connectivity index (χ2v) is 3.63. The molecule has 0 aliphatic heterocycles. The molecule has 0 radical (unpaired) electrons. The number of carbonyl (C=O) groups is 2. The van der Waals surface area contributed by atoms with Gasteiger partial charge in [-0.25, -0.2) is 0 Å². The van der Waals surface area contributed by atoms with Crippen LogP contribution in [0.4, 0.5) is 0 Å². The standard InChI is InChI=1S/C12H16N2O3/c1-2-13-12(17)9(6-7-11(15)16)10-5-3-4-8-14-10/h3-5,8-9H,2,6-7H2,1H3,(H,13,17)(H,15,16). The van der Waals surface area contributed by atoms with Crippen molar-refractivity contribution in [2.45, 2.75) is 25.7 Å². The van der Waals surface area contributed by atoms with E-state index in [1.165, 1.54) is 0 Å². The van der Waals surface area contributed by atoms with Crippen LogP contribution in [0.25, 0.3) is 0 Å². The first kappa shape index (κ1) is 13.2. The van der Waals surface area contributed by atoms with E-state index in [1.54, 1.807) is 24.4 Å². The molecule has 1 atom stereocenters. The molecule has 1 unspecified atom stereocenters. The molecule has 0 spiro atoms. The molecule has 0 fully saturated rings. The molecule has 17 heavy (non-hydrogen) atoms. The predicted molar refractivity (Wildman–Crippen MR) is 62.5 cm³/mol. The van der Waals surface area contributed by atoms with Crippen LogP contribution in [0.1, 0.15) is 31.4 Å². The number of amides is 1. The first-order chi connectivity index (χ1) is 8.15. The van der Waals surface area contributed by atoms with Crippen molar-refractivity contribution in [2.24, 2.45) is 0 Å². The monoisotopic (exact) mass is 236 g/mol. The SMILES string of the molecule is CCNC(=O)C(CCC(=O)O)c1ccccn1. The van der Waals surface area contributed by atoms with E-state index in [4.69, 9.17) is 5.11 Å². The highest BCUT2D eigenvalue weighted by Gasteiger charge is 2.21. The van der Waals surface area contributed by atoms with Crippen molar-refractivity contribution in [1.82, 2.24) is 10.3 Å². The molecule has 1 aromatic rings. The Morgan fingerprint density at radius 2 is 2.24 bits per heavy atom. The van der Waals surface area contributed by atoms with E-state index in [-0.39, 0.29) is 18.7 Å². The van der Waals surface area contributed by atoms with Gasteiger partial charge in [-0.05, 0) is 25.5 Å². The number of likely N-dealkylation sites (N-methyl/N-ethyl adjacent to an activating group) is 1. The van der Waals surface area contributed by atoms with Crippen LogP contribution in [-0.2, 0) is 9.59 Å². The number of nitrogens with one attached hydrogen (secondary N) is 1. The summed E-state index contributed by atoms with van der Waals surface area (Å²) in [5, 5.41) is 11.4. The minimum atomic E-state index is -0.907. The van der Waals surface area contributed by atoms with E-state index in [1.807, 2.05) is 6.92 Å². The minimum Gasteiger partial charge on any atom is -0.481 e. The van der Waals surface area contributed by atoms with Crippen molar-refractivity contribution >= 4 is 11.9 Å². The van der Waals surface area contributed by atoms with Gasteiger partial charge in [0.1, 0.15) is 0 Å². The van der Waals surface area contributed by atoms with Crippen molar-refractivity contribution in [3.8, 4) is 0 Å². The summed E-state index contributed by atoms with van der Waals surface area (Å²) in [6.45, 7) is 2.35. The minimum absolute atomic E-state index is 0.0433. The zero-order chi connectivity index (χ0) is 12.7. The van der Waals surface area contributed by atoms with Crippen LogP contribution < -0.4 is 5.32 Å².